The molecule has 0 amide bonds. The van der Waals surface area contributed by atoms with E-state index in [0.717, 1.165) is 11.2 Å². The van der Waals surface area contributed by atoms with Crippen LogP contribution in [0.4, 0.5) is 0 Å². The van der Waals surface area contributed by atoms with Crippen LogP contribution in [0.3, 0.4) is 0 Å². The fourth-order valence-corrected chi connectivity index (χ4v) is 2.36. The molecule has 0 aromatic rings. The minimum absolute atomic E-state index is 0.459. The molecular weight excluding hydrogens is 130 g/mol. The lowest BCUT2D eigenvalue weighted by Gasteiger charge is -2.29. The van der Waals surface area contributed by atoms with Gasteiger partial charge in [-0.25, -0.2) is 0 Å². The van der Waals surface area contributed by atoms with Gasteiger partial charge in [0.25, 0.3) is 0 Å². The Morgan fingerprint density at radius 1 is 1.44 bits per heavy atom. The number of rotatable bonds is 0. The number of hydrogen-bond donors (Lipinski definition) is 1. The fraction of sp³-hybridized carbons (Fsp3) is 1.00. The van der Waals surface area contributed by atoms with Crippen molar-refractivity contribution in [3.8, 4) is 0 Å². The van der Waals surface area contributed by atoms with E-state index in [1.807, 2.05) is 11.8 Å². The third-order valence-electron chi connectivity index (χ3n) is 1.98. The van der Waals surface area contributed by atoms with Gasteiger partial charge in [-0.3, -0.25) is 0 Å². The van der Waals surface area contributed by atoms with Gasteiger partial charge in [0.15, 0.2) is 0 Å². The Labute approximate surface area is 61.4 Å². The van der Waals surface area contributed by atoms with Crippen molar-refractivity contribution in [3.05, 3.63) is 0 Å². The van der Waals surface area contributed by atoms with Crippen molar-refractivity contribution in [1.82, 2.24) is 0 Å². The van der Waals surface area contributed by atoms with Crippen LogP contribution < -0.4 is 5.73 Å². The van der Waals surface area contributed by atoms with Gasteiger partial charge in [-0.2, -0.15) is 11.8 Å². The molecule has 0 radical (unpaired) electrons. The quantitative estimate of drug-likeness (QED) is 0.558. The molecule has 1 fully saturated rings. The molecule has 0 aliphatic carbocycles. The summed E-state index contributed by atoms with van der Waals surface area (Å²) in [4.78, 5) is 0. The fourth-order valence-electron chi connectivity index (χ4n) is 1.12. The van der Waals surface area contributed by atoms with Gasteiger partial charge >= 0.3 is 0 Å². The van der Waals surface area contributed by atoms with Gasteiger partial charge < -0.3 is 5.73 Å². The van der Waals surface area contributed by atoms with Gasteiger partial charge in [0.05, 0.1) is 0 Å². The van der Waals surface area contributed by atoms with E-state index < -0.39 is 0 Å². The lowest BCUT2D eigenvalue weighted by atomic mass is 10.00. The summed E-state index contributed by atoms with van der Waals surface area (Å²) >= 11 is 2.05. The highest BCUT2D eigenvalue weighted by molar-refractivity contribution is 7.99. The van der Waals surface area contributed by atoms with Crippen molar-refractivity contribution in [1.29, 1.82) is 0 Å². The molecule has 0 spiro atoms. The highest BCUT2D eigenvalue weighted by Crippen LogP contribution is 2.27. The van der Waals surface area contributed by atoms with Gasteiger partial charge in [0, 0.05) is 11.3 Å². The molecule has 3 atom stereocenters. The Balaban J connectivity index is 2.35. The van der Waals surface area contributed by atoms with Crippen molar-refractivity contribution in [2.75, 3.05) is 5.75 Å². The summed E-state index contributed by atoms with van der Waals surface area (Å²) in [6.07, 6.45) is 1.20. The molecule has 0 aromatic carbocycles. The van der Waals surface area contributed by atoms with Crippen molar-refractivity contribution in [2.45, 2.75) is 31.6 Å². The maximum atomic E-state index is 5.86. The second-order valence-corrected chi connectivity index (χ2v) is 4.49. The lowest BCUT2D eigenvalue weighted by Crippen LogP contribution is -2.36. The SMILES string of the molecule is C[C@@H]1CS[C@@H](C)C[C@H]1N. The molecule has 1 saturated heterocycles. The van der Waals surface area contributed by atoms with Crippen LogP contribution in [-0.4, -0.2) is 17.0 Å². The second-order valence-electron chi connectivity index (χ2n) is 3.02. The first kappa shape index (κ1) is 7.42. The van der Waals surface area contributed by atoms with Gasteiger partial charge in [-0.1, -0.05) is 13.8 Å². The van der Waals surface area contributed by atoms with Gasteiger partial charge in [0.1, 0.15) is 0 Å². The first-order chi connectivity index (χ1) is 4.20. The van der Waals surface area contributed by atoms with E-state index in [2.05, 4.69) is 13.8 Å². The van der Waals surface area contributed by atoms with Crippen LogP contribution >= 0.6 is 11.8 Å². The van der Waals surface area contributed by atoms with Crippen molar-refractivity contribution in [3.63, 3.8) is 0 Å². The van der Waals surface area contributed by atoms with Crippen LogP contribution in [0, 0.1) is 5.92 Å². The number of hydrogen-bond acceptors (Lipinski definition) is 2. The zero-order chi connectivity index (χ0) is 6.85. The van der Waals surface area contributed by atoms with Crippen LogP contribution in [0.1, 0.15) is 20.3 Å². The van der Waals surface area contributed by atoms with Crippen LogP contribution in [0.5, 0.6) is 0 Å². The molecule has 1 aliphatic heterocycles. The molecule has 1 rings (SSSR count). The lowest BCUT2D eigenvalue weighted by molar-refractivity contribution is 0.455. The summed E-state index contributed by atoms with van der Waals surface area (Å²) in [5.41, 5.74) is 5.86. The highest BCUT2D eigenvalue weighted by atomic mass is 32.2. The Bertz CT molecular complexity index is 94.9. The zero-order valence-corrected chi connectivity index (χ0v) is 6.95. The van der Waals surface area contributed by atoms with E-state index in [1.165, 1.54) is 12.2 Å². The van der Waals surface area contributed by atoms with Crippen molar-refractivity contribution in [2.24, 2.45) is 11.7 Å². The first-order valence-electron chi connectivity index (χ1n) is 3.57. The summed E-state index contributed by atoms with van der Waals surface area (Å²) in [6.45, 7) is 4.50. The average molecular weight is 145 g/mol. The van der Waals surface area contributed by atoms with E-state index in [9.17, 15) is 0 Å². The molecule has 0 unspecified atom stereocenters. The van der Waals surface area contributed by atoms with Crippen LogP contribution in [0.15, 0.2) is 0 Å². The largest absolute Gasteiger partial charge is 0.327 e. The molecule has 1 heterocycles. The molecule has 0 bridgehead atoms. The van der Waals surface area contributed by atoms with Crippen LogP contribution in [0.25, 0.3) is 0 Å². The zero-order valence-electron chi connectivity index (χ0n) is 6.13. The Kier molecular flexibility index (Phi) is 2.42. The molecule has 0 aromatic heterocycles. The summed E-state index contributed by atoms with van der Waals surface area (Å²) in [5.74, 6) is 1.98. The first-order valence-corrected chi connectivity index (χ1v) is 4.62. The van der Waals surface area contributed by atoms with Crippen LogP contribution in [-0.2, 0) is 0 Å². The molecule has 1 nitrogen and oxygen atoms in total. The van der Waals surface area contributed by atoms with E-state index in [0.29, 0.717) is 6.04 Å². The topological polar surface area (TPSA) is 26.0 Å². The monoisotopic (exact) mass is 145 g/mol. The van der Waals surface area contributed by atoms with E-state index >= 15 is 0 Å². The normalized spacial score (nSPS) is 45.0. The van der Waals surface area contributed by atoms with E-state index in [1.54, 1.807) is 0 Å². The third kappa shape index (κ3) is 1.87. The summed E-state index contributed by atoms with van der Waals surface area (Å²) < 4.78 is 0. The molecule has 2 N–H and O–H groups in total. The standard InChI is InChI=1S/C7H15NS/c1-5-4-9-6(2)3-7(5)8/h5-7H,3-4,8H2,1-2H3/t5-,6+,7-/m1/s1. The van der Waals surface area contributed by atoms with Gasteiger partial charge in [-0.15, -0.1) is 0 Å². The molecule has 2 heteroatoms. The molecule has 54 valence electrons. The van der Waals surface area contributed by atoms with Crippen molar-refractivity contribution >= 4 is 11.8 Å². The summed E-state index contributed by atoms with van der Waals surface area (Å²) in [5, 5.41) is 0.788. The number of thioether (sulfide) groups is 1. The Morgan fingerprint density at radius 2 is 2.11 bits per heavy atom. The third-order valence-corrected chi connectivity index (χ3v) is 3.46. The maximum absolute atomic E-state index is 5.86. The minimum atomic E-state index is 0.459. The van der Waals surface area contributed by atoms with Crippen molar-refractivity contribution < 1.29 is 0 Å². The summed E-state index contributed by atoms with van der Waals surface area (Å²) in [6, 6.07) is 0.459. The minimum Gasteiger partial charge on any atom is -0.327 e. The van der Waals surface area contributed by atoms with Crippen LogP contribution in [0.2, 0.25) is 0 Å². The van der Waals surface area contributed by atoms with E-state index in [4.69, 9.17) is 5.73 Å². The summed E-state index contributed by atoms with van der Waals surface area (Å²) in [7, 11) is 0. The van der Waals surface area contributed by atoms with Gasteiger partial charge in [-0.05, 0) is 18.1 Å². The average Bonchev–Trinajstić information content (AvgIpc) is 1.80. The molecule has 1 aliphatic rings. The van der Waals surface area contributed by atoms with Gasteiger partial charge in [0.2, 0.25) is 0 Å². The second kappa shape index (κ2) is 2.93. The predicted molar refractivity (Wildman–Crippen MR) is 43.7 cm³/mol. The molecular formula is C7H15NS. The van der Waals surface area contributed by atoms with E-state index in [-0.39, 0.29) is 0 Å². The highest BCUT2D eigenvalue weighted by Gasteiger charge is 2.21. The molecule has 9 heavy (non-hydrogen) atoms. The predicted octanol–water partition coefficient (Wildman–Crippen LogP) is 1.48. The number of nitrogens with two attached hydrogens (primary N) is 1. The Hall–Kier alpha value is 0.310. The maximum Gasteiger partial charge on any atom is 0.00828 e. The smallest absolute Gasteiger partial charge is 0.00828 e. The molecule has 0 saturated carbocycles. The Morgan fingerprint density at radius 3 is 2.56 bits per heavy atom.